The molecule has 2 N–H and O–H groups in total. The van der Waals surface area contributed by atoms with Crippen LogP contribution in [0.4, 0.5) is 0 Å². The number of nitrogens with zero attached hydrogens (tertiary/aromatic N) is 1. The molecule has 1 atom stereocenters. The van der Waals surface area contributed by atoms with Crippen LogP contribution in [-0.2, 0) is 9.53 Å². The van der Waals surface area contributed by atoms with Crippen molar-refractivity contribution >= 4 is 23.1 Å². The SMILES string of the molecule is CCN(C(=O)C(C)(C)C(N)=S)C(C)COC. The Bertz CT molecular complexity index is 267. The van der Waals surface area contributed by atoms with E-state index in [0.29, 0.717) is 13.2 Å². The number of amides is 1. The first-order valence-corrected chi connectivity index (χ1v) is 5.79. The normalized spacial score (nSPS) is 13.3. The van der Waals surface area contributed by atoms with Gasteiger partial charge in [0.05, 0.1) is 23.1 Å². The standard InChI is InChI=1S/C11H22N2O2S/c1-6-13(8(2)7-15-5)10(14)11(3,4)9(12)16/h8H,6-7H2,1-5H3,(H2,12,16). The molecule has 0 fully saturated rings. The maximum atomic E-state index is 12.3. The smallest absolute Gasteiger partial charge is 0.235 e. The van der Waals surface area contributed by atoms with E-state index in [1.54, 1.807) is 25.9 Å². The summed E-state index contributed by atoms with van der Waals surface area (Å²) in [6, 6.07) is 0.0242. The van der Waals surface area contributed by atoms with Gasteiger partial charge in [-0.15, -0.1) is 0 Å². The van der Waals surface area contributed by atoms with Crippen LogP contribution in [0.3, 0.4) is 0 Å². The highest BCUT2D eigenvalue weighted by atomic mass is 32.1. The number of methoxy groups -OCH3 is 1. The van der Waals surface area contributed by atoms with Crippen LogP contribution in [0, 0.1) is 5.41 Å². The largest absolute Gasteiger partial charge is 0.392 e. The molecule has 0 aromatic carbocycles. The van der Waals surface area contributed by atoms with Crippen LogP contribution in [0.15, 0.2) is 0 Å². The maximum absolute atomic E-state index is 12.3. The molecule has 0 rings (SSSR count). The third kappa shape index (κ3) is 3.42. The quantitative estimate of drug-likeness (QED) is 0.715. The second-order valence-electron chi connectivity index (χ2n) is 4.38. The molecule has 94 valence electrons. The molecule has 0 aliphatic carbocycles. The highest BCUT2D eigenvalue weighted by Gasteiger charge is 2.35. The predicted molar refractivity (Wildman–Crippen MR) is 69.3 cm³/mol. The van der Waals surface area contributed by atoms with Gasteiger partial charge in [0.25, 0.3) is 0 Å². The van der Waals surface area contributed by atoms with Crippen LogP contribution in [0.25, 0.3) is 0 Å². The molecule has 0 saturated carbocycles. The number of nitrogens with two attached hydrogens (primary N) is 1. The fraction of sp³-hybridized carbons (Fsp3) is 0.818. The average molecular weight is 246 g/mol. The molecule has 1 amide bonds. The van der Waals surface area contributed by atoms with Crippen molar-refractivity contribution in [3.05, 3.63) is 0 Å². The number of hydrogen-bond donors (Lipinski definition) is 1. The molecule has 16 heavy (non-hydrogen) atoms. The van der Waals surface area contributed by atoms with E-state index in [9.17, 15) is 4.79 Å². The Morgan fingerprint density at radius 3 is 2.38 bits per heavy atom. The molecule has 0 aromatic rings. The van der Waals surface area contributed by atoms with Gasteiger partial charge in [-0.1, -0.05) is 12.2 Å². The zero-order valence-corrected chi connectivity index (χ0v) is 11.6. The lowest BCUT2D eigenvalue weighted by atomic mass is 9.91. The molecule has 0 aliphatic rings. The Hall–Kier alpha value is -0.680. The Kier molecular flexibility index (Phi) is 5.89. The summed E-state index contributed by atoms with van der Waals surface area (Å²) in [5, 5.41) is 0. The third-order valence-electron chi connectivity index (χ3n) is 2.69. The molecular formula is C11H22N2O2S. The average Bonchev–Trinajstić information content (AvgIpc) is 2.18. The summed E-state index contributed by atoms with van der Waals surface area (Å²) >= 11 is 4.93. The lowest BCUT2D eigenvalue weighted by molar-refractivity contribution is -0.139. The van der Waals surface area contributed by atoms with E-state index < -0.39 is 5.41 Å². The van der Waals surface area contributed by atoms with Gasteiger partial charge in [-0.2, -0.15) is 0 Å². The van der Waals surface area contributed by atoms with Gasteiger partial charge < -0.3 is 15.4 Å². The molecule has 1 unspecified atom stereocenters. The molecule has 5 heteroatoms. The minimum atomic E-state index is -0.798. The van der Waals surface area contributed by atoms with Crippen molar-refractivity contribution in [2.24, 2.45) is 11.1 Å². The van der Waals surface area contributed by atoms with Crippen LogP contribution in [-0.4, -0.2) is 42.1 Å². The van der Waals surface area contributed by atoms with Gasteiger partial charge in [0.2, 0.25) is 5.91 Å². The van der Waals surface area contributed by atoms with Crippen LogP contribution < -0.4 is 5.73 Å². The van der Waals surface area contributed by atoms with E-state index in [-0.39, 0.29) is 16.9 Å². The maximum Gasteiger partial charge on any atom is 0.235 e. The van der Waals surface area contributed by atoms with Crippen LogP contribution in [0.5, 0.6) is 0 Å². The number of carbonyl (C=O) groups excluding carboxylic acids is 1. The molecule has 0 spiro atoms. The monoisotopic (exact) mass is 246 g/mol. The van der Waals surface area contributed by atoms with Gasteiger partial charge in [-0.25, -0.2) is 0 Å². The van der Waals surface area contributed by atoms with Gasteiger partial charge in [0.1, 0.15) is 0 Å². The molecule has 0 saturated heterocycles. The Morgan fingerprint density at radius 2 is 2.06 bits per heavy atom. The number of hydrogen-bond acceptors (Lipinski definition) is 3. The zero-order chi connectivity index (χ0) is 12.9. The molecule has 0 bridgehead atoms. The highest BCUT2D eigenvalue weighted by molar-refractivity contribution is 7.80. The van der Waals surface area contributed by atoms with E-state index in [1.165, 1.54) is 0 Å². The second-order valence-corrected chi connectivity index (χ2v) is 4.82. The van der Waals surface area contributed by atoms with Crippen molar-refractivity contribution < 1.29 is 9.53 Å². The van der Waals surface area contributed by atoms with E-state index in [2.05, 4.69) is 0 Å². The van der Waals surface area contributed by atoms with Crippen molar-refractivity contribution in [3.63, 3.8) is 0 Å². The second kappa shape index (κ2) is 6.15. The van der Waals surface area contributed by atoms with Crippen LogP contribution >= 0.6 is 12.2 Å². The lowest BCUT2D eigenvalue weighted by Gasteiger charge is -2.34. The number of thiocarbonyl (C=S) groups is 1. The van der Waals surface area contributed by atoms with Crippen LogP contribution in [0.1, 0.15) is 27.7 Å². The number of likely N-dealkylation sites (N-methyl/N-ethyl adjacent to an activating group) is 1. The van der Waals surface area contributed by atoms with E-state index in [0.717, 1.165) is 0 Å². The van der Waals surface area contributed by atoms with Crippen molar-refractivity contribution in [2.45, 2.75) is 33.7 Å². The Labute approximate surface area is 103 Å². The molecule has 4 nitrogen and oxygen atoms in total. The Balaban J connectivity index is 4.84. The molecule has 0 aromatic heterocycles. The Morgan fingerprint density at radius 1 is 1.56 bits per heavy atom. The lowest BCUT2D eigenvalue weighted by Crippen LogP contribution is -2.51. The van der Waals surface area contributed by atoms with Crippen molar-refractivity contribution in [2.75, 3.05) is 20.3 Å². The topological polar surface area (TPSA) is 55.6 Å². The van der Waals surface area contributed by atoms with E-state index in [1.807, 2.05) is 13.8 Å². The van der Waals surface area contributed by atoms with Gasteiger partial charge in [0, 0.05) is 13.7 Å². The minimum Gasteiger partial charge on any atom is -0.392 e. The van der Waals surface area contributed by atoms with Crippen molar-refractivity contribution in [1.29, 1.82) is 0 Å². The summed E-state index contributed by atoms with van der Waals surface area (Å²) in [7, 11) is 1.62. The van der Waals surface area contributed by atoms with Gasteiger partial charge in [-0.05, 0) is 27.7 Å². The minimum absolute atomic E-state index is 0.0242. The third-order valence-corrected chi connectivity index (χ3v) is 3.20. The summed E-state index contributed by atoms with van der Waals surface area (Å²) < 4.78 is 5.05. The number of ether oxygens (including phenoxy) is 1. The molecule has 0 aliphatic heterocycles. The van der Waals surface area contributed by atoms with E-state index in [4.69, 9.17) is 22.7 Å². The fourth-order valence-electron chi connectivity index (χ4n) is 1.45. The van der Waals surface area contributed by atoms with Gasteiger partial charge in [0.15, 0.2) is 0 Å². The highest BCUT2D eigenvalue weighted by Crippen LogP contribution is 2.20. The van der Waals surface area contributed by atoms with Crippen molar-refractivity contribution in [3.8, 4) is 0 Å². The van der Waals surface area contributed by atoms with Crippen LogP contribution in [0.2, 0.25) is 0 Å². The first-order valence-electron chi connectivity index (χ1n) is 5.38. The van der Waals surface area contributed by atoms with Gasteiger partial charge >= 0.3 is 0 Å². The van der Waals surface area contributed by atoms with Crippen molar-refractivity contribution in [1.82, 2.24) is 4.90 Å². The summed E-state index contributed by atoms with van der Waals surface area (Å²) in [5.41, 5.74) is 4.79. The predicted octanol–water partition coefficient (Wildman–Crippen LogP) is 1.18. The van der Waals surface area contributed by atoms with Gasteiger partial charge in [-0.3, -0.25) is 4.79 Å². The summed E-state index contributed by atoms with van der Waals surface area (Å²) in [6.07, 6.45) is 0. The number of rotatable bonds is 6. The molecular weight excluding hydrogens is 224 g/mol. The first kappa shape index (κ1) is 15.3. The number of carbonyl (C=O) groups is 1. The summed E-state index contributed by atoms with van der Waals surface area (Å²) in [4.78, 5) is 14.2. The van der Waals surface area contributed by atoms with E-state index >= 15 is 0 Å². The molecule has 0 heterocycles. The zero-order valence-electron chi connectivity index (χ0n) is 10.7. The summed E-state index contributed by atoms with van der Waals surface area (Å²) in [5.74, 6) is -0.0490. The molecule has 0 radical (unpaired) electrons. The first-order chi connectivity index (χ1) is 7.28. The summed E-state index contributed by atoms with van der Waals surface area (Å²) in [6.45, 7) is 8.50. The fourth-order valence-corrected chi connectivity index (χ4v) is 1.54.